The summed E-state index contributed by atoms with van der Waals surface area (Å²) in [4.78, 5) is 22.3. The van der Waals surface area contributed by atoms with Gasteiger partial charge in [0.05, 0.1) is 36.4 Å². The van der Waals surface area contributed by atoms with Gasteiger partial charge in [-0.1, -0.05) is 37.8 Å². The molecular formula is C24H34N3O5PS. The van der Waals surface area contributed by atoms with Crippen molar-refractivity contribution in [3.8, 4) is 0 Å². The van der Waals surface area contributed by atoms with Crippen molar-refractivity contribution in [2.45, 2.75) is 63.2 Å². The molecule has 1 aromatic heterocycles. The van der Waals surface area contributed by atoms with E-state index in [4.69, 9.17) is 9.05 Å². The maximum Gasteiger partial charge on any atom is 0.233 e. The van der Waals surface area contributed by atoms with Crippen LogP contribution in [0.2, 0.25) is 0 Å². The summed E-state index contributed by atoms with van der Waals surface area (Å²) >= 11 is 0. The number of hydrogen-bond acceptors (Lipinski definition) is 7. The van der Waals surface area contributed by atoms with Crippen LogP contribution in [-0.4, -0.2) is 43.8 Å². The maximum absolute atomic E-state index is 13.3. The molecular weight excluding hydrogens is 473 g/mol. The van der Waals surface area contributed by atoms with Crippen LogP contribution in [0.15, 0.2) is 41.6 Å². The Morgan fingerprint density at radius 2 is 1.74 bits per heavy atom. The number of anilines is 1. The molecule has 0 unspecified atom stereocenters. The van der Waals surface area contributed by atoms with Gasteiger partial charge in [-0.3, -0.25) is 4.79 Å². The van der Waals surface area contributed by atoms with Gasteiger partial charge in [-0.2, -0.15) is 0 Å². The zero-order chi connectivity index (χ0) is 24.6. The van der Waals surface area contributed by atoms with Gasteiger partial charge in [0, 0.05) is 6.26 Å². The number of nitrogens with one attached hydrogen (secondary N) is 1. The van der Waals surface area contributed by atoms with Crippen molar-refractivity contribution in [3.05, 3.63) is 42.2 Å². The third kappa shape index (κ3) is 7.54. The summed E-state index contributed by atoms with van der Waals surface area (Å²) in [7, 11) is -4.59. The van der Waals surface area contributed by atoms with E-state index in [0.717, 1.165) is 12.0 Å². The van der Waals surface area contributed by atoms with Crippen LogP contribution < -0.4 is 10.8 Å². The van der Waals surface area contributed by atoms with Crippen molar-refractivity contribution < 1.29 is 22.3 Å². The smallest absolute Gasteiger partial charge is 0.233 e. The van der Waals surface area contributed by atoms with E-state index >= 15 is 0 Å². The first-order chi connectivity index (χ1) is 16.3. The molecule has 10 heteroatoms. The van der Waals surface area contributed by atoms with Crippen molar-refractivity contribution in [2.24, 2.45) is 5.92 Å². The highest BCUT2D eigenvalue weighted by molar-refractivity contribution is 7.90. The van der Waals surface area contributed by atoms with Crippen molar-refractivity contribution in [2.75, 3.05) is 24.8 Å². The first-order valence-electron chi connectivity index (χ1n) is 11.8. The minimum Gasteiger partial charge on any atom is -0.330 e. The van der Waals surface area contributed by atoms with Crippen LogP contribution >= 0.6 is 8.38 Å². The fraction of sp³-hybridized carbons (Fsp3) is 0.542. The van der Waals surface area contributed by atoms with E-state index < -0.39 is 24.1 Å². The van der Waals surface area contributed by atoms with Crippen molar-refractivity contribution in [3.63, 3.8) is 0 Å². The summed E-state index contributed by atoms with van der Waals surface area (Å²) in [5.41, 5.74) is 1.40. The number of aromatic nitrogens is 2. The monoisotopic (exact) mass is 507 g/mol. The lowest BCUT2D eigenvalue weighted by Gasteiger charge is -2.19. The molecule has 1 aliphatic carbocycles. The second-order valence-corrected chi connectivity index (χ2v) is 12.0. The highest BCUT2D eigenvalue weighted by Crippen LogP contribution is 2.36. The van der Waals surface area contributed by atoms with Gasteiger partial charge in [0.15, 0.2) is 15.7 Å². The number of hydrogen-bond donors (Lipinski definition) is 1. The average molecular weight is 508 g/mol. The second-order valence-electron chi connectivity index (χ2n) is 8.46. The topological polar surface area (TPSA) is 107 Å². The summed E-state index contributed by atoms with van der Waals surface area (Å²) < 4.78 is 34.9. The summed E-state index contributed by atoms with van der Waals surface area (Å²) in [6, 6.07) is 6.61. The lowest BCUT2D eigenvalue weighted by molar-refractivity contribution is -0.117. The lowest BCUT2D eigenvalue weighted by Crippen LogP contribution is -2.23. The molecule has 0 saturated heterocycles. The fourth-order valence-electron chi connectivity index (χ4n) is 4.20. The third-order valence-electron chi connectivity index (χ3n) is 5.93. The Morgan fingerprint density at radius 3 is 2.26 bits per heavy atom. The van der Waals surface area contributed by atoms with E-state index in [-0.39, 0.29) is 10.8 Å². The van der Waals surface area contributed by atoms with Gasteiger partial charge in [-0.15, -0.1) is 0 Å². The molecule has 1 heterocycles. The first kappa shape index (κ1) is 26.7. The standard InChI is InChI=1S/C24H34N3O5PS/c1-4-31-33(32-5-2)23-17-25-22(16-26-23)27-24(28)21(15-10-18-8-6-7-9-18)19-11-13-20(14-12-19)34(3,29)30/h11-14,16-18,21H,4-10,15H2,1-3H3,(H,25,27,28)/t21-/m1/s1. The van der Waals surface area contributed by atoms with Crippen LogP contribution in [0.25, 0.3) is 0 Å². The predicted molar refractivity (Wildman–Crippen MR) is 134 cm³/mol. The van der Waals surface area contributed by atoms with Crippen LogP contribution in [0.4, 0.5) is 5.82 Å². The Hall–Kier alpha value is -1.93. The fourth-order valence-corrected chi connectivity index (χ4v) is 5.94. The summed E-state index contributed by atoms with van der Waals surface area (Å²) in [5.74, 6) is 0.417. The minimum absolute atomic E-state index is 0.177. The molecule has 0 bridgehead atoms. The first-order valence-corrected chi connectivity index (χ1v) is 14.9. The molecule has 8 nitrogen and oxygen atoms in total. The molecule has 0 spiro atoms. The zero-order valence-electron chi connectivity index (χ0n) is 20.1. The molecule has 1 N–H and O–H groups in total. The molecule has 1 saturated carbocycles. The number of rotatable bonds is 12. The Balaban J connectivity index is 1.75. The van der Waals surface area contributed by atoms with Gasteiger partial charge in [-0.25, -0.2) is 18.4 Å². The molecule has 34 heavy (non-hydrogen) atoms. The van der Waals surface area contributed by atoms with E-state index in [9.17, 15) is 13.2 Å². The molecule has 2 aromatic rings. The van der Waals surface area contributed by atoms with Crippen LogP contribution in [0.5, 0.6) is 0 Å². The molecule has 1 fully saturated rings. The van der Waals surface area contributed by atoms with Gasteiger partial charge in [0.1, 0.15) is 5.44 Å². The van der Waals surface area contributed by atoms with Gasteiger partial charge < -0.3 is 14.4 Å². The highest BCUT2D eigenvalue weighted by atomic mass is 32.2. The van der Waals surface area contributed by atoms with E-state index in [1.807, 2.05) is 13.8 Å². The second kappa shape index (κ2) is 12.7. The average Bonchev–Trinajstić information content (AvgIpc) is 3.33. The Bertz CT molecular complexity index is 1020. The zero-order valence-corrected chi connectivity index (χ0v) is 21.8. The molecule has 1 aromatic carbocycles. The number of benzene rings is 1. The van der Waals surface area contributed by atoms with Gasteiger partial charge >= 0.3 is 0 Å². The molecule has 1 amide bonds. The van der Waals surface area contributed by atoms with Gasteiger partial charge in [0.25, 0.3) is 0 Å². The predicted octanol–water partition coefficient (Wildman–Crippen LogP) is 4.58. The van der Waals surface area contributed by atoms with Crippen LogP contribution in [0.1, 0.15) is 63.9 Å². The van der Waals surface area contributed by atoms with Gasteiger partial charge in [0.2, 0.25) is 14.3 Å². The number of carbonyl (C=O) groups excluding carboxylic acids is 1. The van der Waals surface area contributed by atoms with E-state index in [2.05, 4.69) is 15.3 Å². The minimum atomic E-state index is -3.30. The van der Waals surface area contributed by atoms with E-state index in [1.165, 1.54) is 38.1 Å². The van der Waals surface area contributed by atoms with Crippen molar-refractivity contribution >= 4 is 35.4 Å². The number of amides is 1. The molecule has 1 aliphatic rings. The molecule has 0 aliphatic heterocycles. The maximum atomic E-state index is 13.3. The normalized spacial score (nSPS) is 15.5. The summed E-state index contributed by atoms with van der Waals surface area (Å²) in [6.07, 6.45) is 10.8. The Labute approximate surface area is 203 Å². The molecule has 186 valence electrons. The number of sulfone groups is 1. The largest absolute Gasteiger partial charge is 0.330 e. The molecule has 3 rings (SSSR count). The molecule has 1 atom stereocenters. The van der Waals surface area contributed by atoms with Crippen LogP contribution in [0, 0.1) is 5.92 Å². The lowest BCUT2D eigenvalue weighted by atomic mass is 9.89. The van der Waals surface area contributed by atoms with Gasteiger partial charge in [-0.05, 0) is 50.3 Å². The van der Waals surface area contributed by atoms with E-state index in [0.29, 0.717) is 36.8 Å². The highest BCUT2D eigenvalue weighted by Gasteiger charge is 2.25. The Morgan fingerprint density at radius 1 is 1.09 bits per heavy atom. The van der Waals surface area contributed by atoms with E-state index in [1.54, 1.807) is 30.5 Å². The van der Waals surface area contributed by atoms with Crippen molar-refractivity contribution in [1.29, 1.82) is 0 Å². The van der Waals surface area contributed by atoms with Crippen LogP contribution in [0.3, 0.4) is 0 Å². The summed E-state index contributed by atoms with van der Waals surface area (Å²) in [6.45, 7) is 4.80. The van der Waals surface area contributed by atoms with Crippen LogP contribution in [-0.2, 0) is 23.7 Å². The van der Waals surface area contributed by atoms with Crippen molar-refractivity contribution in [1.82, 2.24) is 9.97 Å². The molecule has 0 radical (unpaired) electrons. The number of carbonyl (C=O) groups is 1. The number of nitrogens with zero attached hydrogens (tertiary/aromatic N) is 2. The third-order valence-corrected chi connectivity index (χ3v) is 8.65. The SMILES string of the molecule is CCOP(OCC)c1cnc(NC(=O)[C@H](CCC2CCCC2)c2ccc(S(C)(=O)=O)cc2)cn1. The summed E-state index contributed by atoms with van der Waals surface area (Å²) in [5, 5.41) is 2.89. The quantitative estimate of drug-likeness (QED) is 0.419. The Kier molecular flexibility index (Phi) is 9.95.